The largest absolute Gasteiger partial charge is 0.494 e. The summed E-state index contributed by atoms with van der Waals surface area (Å²) in [5.41, 5.74) is -0.643. The molecule has 13 nitrogen and oxygen atoms in total. The molecular weight excluding hydrogens is 679 g/mol. The SMILES string of the molecule is COc1ccc2c(OCC[C@@H]3NC(=O)CCCCCC=C[C@@H]4C[C@@]4(C(=O)NS(=O)(=O)C4CCC4)NC3=O)cc(-n3ccc(C(C)C)n3)nc2c1F. The molecule has 0 saturated heterocycles. The Labute approximate surface area is 296 Å². The second-order valence-electron chi connectivity index (χ2n) is 13.9. The first kappa shape index (κ1) is 36.3. The Morgan fingerprint density at radius 1 is 1.14 bits per heavy atom. The fourth-order valence-corrected chi connectivity index (χ4v) is 8.01. The van der Waals surface area contributed by atoms with Crippen LogP contribution in [0.3, 0.4) is 0 Å². The van der Waals surface area contributed by atoms with Crippen LogP contribution >= 0.6 is 0 Å². The number of hydrogen-bond acceptors (Lipinski definition) is 9. The van der Waals surface area contributed by atoms with Crippen molar-refractivity contribution in [3.05, 3.63) is 54.1 Å². The zero-order valence-corrected chi connectivity index (χ0v) is 29.9. The van der Waals surface area contributed by atoms with Gasteiger partial charge in [0.2, 0.25) is 21.8 Å². The topological polar surface area (TPSA) is 171 Å². The average molecular weight is 725 g/mol. The van der Waals surface area contributed by atoms with Crippen molar-refractivity contribution >= 4 is 38.6 Å². The molecule has 0 radical (unpaired) electrons. The van der Waals surface area contributed by atoms with E-state index in [2.05, 4.69) is 25.4 Å². The summed E-state index contributed by atoms with van der Waals surface area (Å²) in [6, 6.07) is 5.47. The van der Waals surface area contributed by atoms with Crippen molar-refractivity contribution in [3.63, 3.8) is 0 Å². The van der Waals surface area contributed by atoms with Crippen LogP contribution in [0.1, 0.15) is 89.7 Å². The number of methoxy groups -OCH3 is 1. The number of benzene rings is 1. The lowest BCUT2D eigenvalue weighted by molar-refractivity contribution is -0.132. The van der Waals surface area contributed by atoms with E-state index in [1.165, 1.54) is 17.9 Å². The van der Waals surface area contributed by atoms with Crippen LogP contribution in [0.4, 0.5) is 4.39 Å². The van der Waals surface area contributed by atoms with E-state index < -0.39 is 50.4 Å². The van der Waals surface area contributed by atoms with Gasteiger partial charge < -0.3 is 20.1 Å². The Balaban J connectivity index is 1.25. The van der Waals surface area contributed by atoms with Crippen LogP contribution in [0.5, 0.6) is 11.5 Å². The van der Waals surface area contributed by atoms with E-state index >= 15 is 4.39 Å². The van der Waals surface area contributed by atoms with E-state index in [1.807, 2.05) is 32.1 Å². The lowest BCUT2D eigenvalue weighted by Crippen LogP contribution is -2.58. The van der Waals surface area contributed by atoms with Gasteiger partial charge in [-0.25, -0.2) is 22.5 Å². The first-order valence-corrected chi connectivity index (χ1v) is 19.2. The minimum Gasteiger partial charge on any atom is -0.494 e. The summed E-state index contributed by atoms with van der Waals surface area (Å²) in [5.74, 6) is -2.08. The number of amides is 3. The van der Waals surface area contributed by atoms with Crippen molar-refractivity contribution in [3.8, 4) is 17.3 Å². The predicted molar refractivity (Wildman–Crippen MR) is 187 cm³/mol. The molecule has 3 aromatic rings. The fraction of sp³-hybridized carbons (Fsp3) is 0.528. The number of hydrogen-bond donors (Lipinski definition) is 3. The number of ether oxygens (including phenoxy) is 2. The van der Waals surface area contributed by atoms with Gasteiger partial charge in [-0.3, -0.25) is 19.1 Å². The van der Waals surface area contributed by atoms with Gasteiger partial charge in [-0.2, -0.15) is 5.10 Å². The van der Waals surface area contributed by atoms with Gasteiger partial charge in [-0.05, 0) is 62.6 Å². The molecule has 274 valence electrons. The number of halogens is 1. The summed E-state index contributed by atoms with van der Waals surface area (Å²) in [6.45, 7) is 3.93. The molecule has 15 heteroatoms. The summed E-state index contributed by atoms with van der Waals surface area (Å²) in [5, 5.41) is 9.91. The maximum atomic E-state index is 15.5. The van der Waals surface area contributed by atoms with Gasteiger partial charge in [0.05, 0.1) is 24.7 Å². The molecule has 3 heterocycles. The Morgan fingerprint density at radius 2 is 1.94 bits per heavy atom. The van der Waals surface area contributed by atoms with E-state index in [9.17, 15) is 22.8 Å². The van der Waals surface area contributed by atoms with Gasteiger partial charge in [0.15, 0.2) is 17.4 Å². The van der Waals surface area contributed by atoms with Crippen molar-refractivity contribution in [2.45, 2.75) is 101 Å². The van der Waals surface area contributed by atoms with E-state index in [0.29, 0.717) is 30.5 Å². The van der Waals surface area contributed by atoms with Gasteiger partial charge in [-0.1, -0.05) is 38.8 Å². The summed E-state index contributed by atoms with van der Waals surface area (Å²) < 4.78 is 56.4. The Hall–Kier alpha value is -4.53. The number of fused-ring (bicyclic) bond motifs is 2. The first-order chi connectivity index (χ1) is 24.4. The third kappa shape index (κ3) is 7.87. The van der Waals surface area contributed by atoms with Crippen LogP contribution in [0, 0.1) is 11.7 Å². The standard InChI is InChI=1S/C36H45FN6O7S/c1-22(2)26-16-18-43(41-26)30-20-29(25-14-15-28(49-3)32(37)33(25)39-30)50-19-17-27-34(45)40-36(35(46)42-51(47,48)24-11-9-12-24)21-23(36)10-7-5-4-6-8-13-31(44)38-27/h7,10,14-16,18,20,22-24,27H,4-6,8-9,11-13,17,19,21H2,1-3H3,(H,38,44)(H,40,45)(H,42,46)/t23-,27+,36-/m1/s1. The summed E-state index contributed by atoms with van der Waals surface area (Å²) >= 11 is 0. The molecule has 0 bridgehead atoms. The van der Waals surface area contributed by atoms with Crippen LogP contribution in [0.15, 0.2) is 42.6 Å². The molecule has 2 aromatic heterocycles. The fourth-order valence-electron chi connectivity index (χ4n) is 6.44. The molecule has 3 amide bonds. The molecule has 51 heavy (non-hydrogen) atoms. The Morgan fingerprint density at radius 3 is 2.65 bits per heavy atom. The third-order valence-corrected chi connectivity index (χ3v) is 11.8. The average Bonchev–Trinajstić information content (AvgIpc) is 3.51. The minimum absolute atomic E-state index is 0.00474. The minimum atomic E-state index is -3.89. The van der Waals surface area contributed by atoms with Crippen molar-refractivity contribution in [2.75, 3.05) is 13.7 Å². The summed E-state index contributed by atoms with van der Waals surface area (Å²) in [7, 11) is -2.53. The summed E-state index contributed by atoms with van der Waals surface area (Å²) in [4.78, 5) is 45.0. The molecule has 1 aromatic carbocycles. The van der Waals surface area contributed by atoms with Crippen molar-refractivity contribution in [2.24, 2.45) is 5.92 Å². The number of sulfonamides is 1. The molecule has 0 unspecified atom stereocenters. The van der Waals surface area contributed by atoms with Crippen LogP contribution in [0.25, 0.3) is 16.7 Å². The number of carbonyl (C=O) groups is 3. The number of aromatic nitrogens is 3. The van der Waals surface area contributed by atoms with Gasteiger partial charge in [-0.15, -0.1) is 0 Å². The Bertz CT molecular complexity index is 1940. The lowest BCUT2D eigenvalue weighted by atomic mass is 10.0. The van der Waals surface area contributed by atoms with E-state index in [-0.39, 0.29) is 54.7 Å². The molecule has 3 atom stereocenters. The third-order valence-electron chi connectivity index (χ3n) is 9.94. The number of allylic oxidation sites excluding steroid dienone is 1. The van der Waals surface area contributed by atoms with Crippen LogP contribution in [0.2, 0.25) is 0 Å². The second kappa shape index (κ2) is 15.0. The van der Waals surface area contributed by atoms with Gasteiger partial charge in [0.1, 0.15) is 22.8 Å². The van der Waals surface area contributed by atoms with Gasteiger partial charge >= 0.3 is 0 Å². The van der Waals surface area contributed by atoms with E-state index in [4.69, 9.17) is 9.47 Å². The first-order valence-electron chi connectivity index (χ1n) is 17.6. The predicted octanol–water partition coefficient (Wildman–Crippen LogP) is 4.34. The Kier molecular flexibility index (Phi) is 10.7. The van der Waals surface area contributed by atoms with E-state index in [1.54, 1.807) is 18.3 Å². The van der Waals surface area contributed by atoms with Crippen LogP contribution in [-0.2, 0) is 24.4 Å². The molecule has 3 N–H and O–H groups in total. The van der Waals surface area contributed by atoms with Gasteiger partial charge in [0.25, 0.3) is 5.91 Å². The van der Waals surface area contributed by atoms with Crippen molar-refractivity contribution in [1.29, 1.82) is 0 Å². The number of pyridine rings is 1. The van der Waals surface area contributed by atoms with Crippen molar-refractivity contribution < 1.29 is 36.7 Å². The number of rotatable bonds is 10. The number of nitrogens with one attached hydrogen (secondary N) is 3. The highest BCUT2D eigenvalue weighted by molar-refractivity contribution is 7.90. The number of carbonyl (C=O) groups excluding carboxylic acids is 3. The lowest BCUT2D eigenvalue weighted by Gasteiger charge is -2.28. The van der Waals surface area contributed by atoms with E-state index in [0.717, 1.165) is 31.4 Å². The maximum absolute atomic E-state index is 15.5. The highest BCUT2D eigenvalue weighted by Crippen LogP contribution is 2.45. The number of nitrogens with zero attached hydrogens (tertiary/aromatic N) is 3. The normalized spacial score (nSPS) is 23.1. The van der Waals surface area contributed by atoms with Gasteiger partial charge in [0, 0.05) is 36.4 Å². The van der Waals surface area contributed by atoms with Crippen LogP contribution < -0.4 is 24.8 Å². The smallest absolute Gasteiger partial charge is 0.259 e. The zero-order chi connectivity index (χ0) is 36.3. The molecule has 2 aliphatic carbocycles. The van der Waals surface area contributed by atoms with Crippen LogP contribution in [-0.4, -0.2) is 71.5 Å². The maximum Gasteiger partial charge on any atom is 0.259 e. The highest BCUT2D eigenvalue weighted by Gasteiger charge is 2.61. The molecule has 6 rings (SSSR count). The van der Waals surface area contributed by atoms with Crippen molar-refractivity contribution in [1.82, 2.24) is 30.1 Å². The highest BCUT2D eigenvalue weighted by atomic mass is 32.2. The quantitative estimate of drug-likeness (QED) is 0.258. The molecule has 1 aliphatic heterocycles. The molecule has 2 fully saturated rings. The molecule has 0 spiro atoms. The summed E-state index contributed by atoms with van der Waals surface area (Å²) in [6.07, 6.45) is 10.7. The monoisotopic (exact) mass is 724 g/mol. The molecule has 3 aliphatic rings. The molecular formula is C36H45FN6O7S. The second-order valence-corrected chi connectivity index (χ2v) is 15.8. The molecule has 2 saturated carbocycles. The zero-order valence-electron chi connectivity index (χ0n) is 29.1.